The van der Waals surface area contributed by atoms with Crippen LogP contribution in [0, 0.1) is 6.92 Å². The van der Waals surface area contributed by atoms with E-state index in [0.29, 0.717) is 17.4 Å². The minimum Gasteiger partial charge on any atom is -0.437 e. The maximum Gasteiger partial charge on any atom is 0.267 e. The summed E-state index contributed by atoms with van der Waals surface area (Å²) in [6, 6.07) is 15.5. The lowest BCUT2D eigenvalue weighted by atomic mass is 9.90. The number of aryl methyl sites for hydroxylation is 2. The Morgan fingerprint density at radius 2 is 1.74 bits per heavy atom. The van der Waals surface area contributed by atoms with Crippen LogP contribution in [-0.2, 0) is 17.1 Å². The van der Waals surface area contributed by atoms with E-state index in [2.05, 4.69) is 43.9 Å². The van der Waals surface area contributed by atoms with Crippen molar-refractivity contribution in [2.24, 2.45) is 7.05 Å². The molecule has 5 rings (SSSR count). The molecule has 0 bridgehead atoms. The van der Waals surface area contributed by atoms with Gasteiger partial charge in [-0.1, -0.05) is 48.0 Å². The number of nitrogens with zero attached hydrogens (tertiary/aromatic N) is 5. The number of hydrogen-bond acceptors (Lipinski definition) is 7. The van der Waals surface area contributed by atoms with Crippen LogP contribution in [0.1, 0.15) is 29.9 Å². The first kappa shape index (κ1) is 26.1. The van der Waals surface area contributed by atoms with Gasteiger partial charge >= 0.3 is 0 Å². The van der Waals surface area contributed by atoms with Crippen LogP contribution in [0.3, 0.4) is 0 Å². The van der Waals surface area contributed by atoms with E-state index in [1.807, 2.05) is 43.3 Å². The molecule has 0 spiro atoms. The first-order valence-corrected chi connectivity index (χ1v) is 14.2. The lowest BCUT2D eigenvalue weighted by molar-refractivity contribution is 0.255. The smallest absolute Gasteiger partial charge is 0.267 e. The number of nitrogens with one attached hydrogen (secondary N) is 1. The van der Waals surface area contributed by atoms with E-state index in [1.54, 1.807) is 7.05 Å². The standard InChI is InChI=1S/C27H29ClN6O3S/c1-18-6-4-5-7-23(18)25-24(28)26(31-27(30-25)32-38(35,36)22-16-29-34(3)17-22)37-21-10-8-19(9-11-21)20-12-14-33(2)15-13-20/h4-11,16-17,20H,12-15H2,1-3H3,(H,30,31,32). The van der Waals surface area contributed by atoms with Crippen LogP contribution in [0.4, 0.5) is 5.95 Å². The van der Waals surface area contributed by atoms with Crippen LogP contribution in [0.25, 0.3) is 11.3 Å². The molecule has 0 atom stereocenters. The molecule has 0 radical (unpaired) electrons. The lowest BCUT2D eigenvalue weighted by Gasteiger charge is -2.29. The Labute approximate surface area is 227 Å². The molecule has 0 aliphatic carbocycles. The highest BCUT2D eigenvalue weighted by atomic mass is 35.5. The molecule has 0 amide bonds. The van der Waals surface area contributed by atoms with Crippen molar-refractivity contribution in [3.05, 3.63) is 77.1 Å². The molecule has 3 heterocycles. The Balaban J connectivity index is 1.48. The van der Waals surface area contributed by atoms with Crippen LogP contribution in [0.15, 0.2) is 65.8 Å². The molecule has 11 heteroatoms. The van der Waals surface area contributed by atoms with Gasteiger partial charge in [0, 0.05) is 18.8 Å². The molecule has 1 fully saturated rings. The zero-order chi connectivity index (χ0) is 26.9. The van der Waals surface area contributed by atoms with Gasteiger partial charge in [-0.2, -0.15) is 10.1 Å². The van der Waals surface area contributed by atoms with Crippen LogP contribution < -0.4 is 9.46 Å². The molecule has 1 aliphatic rings. The molecule has 1 N–H and O–H groups in total. The highest BCUT2D eigenvalue weighted by molar-refractivity contribution is 7.92. The second kappa shape index (κ2) is 10.7. The number of halogens is 1. The van der Waals surface area contributed by atoms with E-state index in [1.165, 1.54) is 22.6 Å². The van der Waals surface area contributed by atoms with Crippen molar-refractivity contribution in [3.8, 4) is 22.9 Å². The van der Waals surface area contributed by atoms with Gasteiger partial charge in [-0.15, -0.1) is 0 Å². The summed E-state index contributed by atoms with van der Waals surface area (Å²) in [6.07, 6.45) is 4.89. The second-order valence-corrected chi connectivity index (χ2v) is 11.6. The van der Waals surface area contributed by atoms with E-state index < -0.39 is 10.0 Å². The van der Waals surface area contributed by atoms with Crippen molar-refractivity contribution in [2.45, 2.75) is 30.6 Å². The van der Waals surface area contributed by atoms with E-state index in [0.717, 1.165) is 37.1 Å². The third-order valence-corrected chi connectivity index (χ3v) is 8.35. The molecule has 2 aromatic heterocycles. The van der Waals surface area contributed by atoms with Crippen molar-refractivity contribution in [1.29, 1.82) is 0 Å². The van der Waals surface area contributed by atoms with Gasteiger partial charge in [0.05, 0.1) is 11.9 Å². The molecule has 2 aromatic carbocycles. The lowest BCUT2D eigenvalue weighted by Crippen LogP contribution is -2.29. The Kier molecular flexibility index (Phi) is 7.38. The molecule has 1 aliphatic heterocycles. The number of piperidine rings is 1. The number of rotatable bonds is 7. The van der Waals surface area contributed by atoms with Crippen LogP contribution in [0.2, 0.25) is 5.02 Å². The molecule has 1 saturated heterocycles. The molecular weight excluding hydrogens is 524 g/mol. The van der Waals surface area contributed by atoms with Gasteiger partial charge in [-0.25, -0.2) is 18.1 Å². The zero-order valence-electron chi connectivity index (χ0n) is 21.4. The summed E-state index contributed by atoms with van der Waals surface area (Å²) in [4.78, 5) is 11.1. The zero-order valence-corrected chi connectivity index (χ0v) is 23.0. The maximum atomic E-state index is 13.0. The van der Waals surface area contributed by atoms with E-state index in [-0.39, 0.29) is 21.7 Å². The number of aromatic nitrogens is 4. The Hall–Kier alpha value is -3.47. The molecule has 198 valence electrons. The summed E-state index contributed by atoms with van der Waals surface area (Å²) >= 11 is 6.75. The summed E-state index contributed by atoms with van der Waals surface area (Å²) in [5.41, 5.74) is 3.29. The van der Waals surface area contributed by atoms with E-state index >= 15 is 0 Å². The predicted octanol–water partition coefficient (Wildman–Crippen LogP) is 5.24. The number of benzene rings is 2. The van der Waals surface area contributed by atoms with Gasteiger partial charge in [0.15, 0.2) is 0 Å². The molecule has 0 saturated carbocycles. The van der Waals surface area contributed by atoms with Crippen LogP contribution in [0.5, 0.6) is 11.6 Å². The van der Waals surface area contributed by atoms with Gasteiger partial charge in [0.1, 0.15) is 15.7 Å². The highest BCUT2D eigenvalue weighted by Gasteiger charge is 2.23. The van der Waals surface area contributed by atoms with Crippen molar-refractivity contribution in [3.63, 3.8) is 0 Å². The molecule has 0 unspecified atom stereocenters. The van der Waals surface area contributed by atoms with Gasteiger partial charge in [-0.05, 0) is 69.1 Å². The average Bonchev–Trinajstić information content (AvgIpc) is 3.34. The Bertz CT molecular complexity index is 1550. The van der Waals surface area contributed by atoms with Gasteiger partial charge < -0.3 is 9.64 Å². The fraction of sp³-hybridized carbons (Fsp3) is 0.296. The first-order chi connectivity index (χ1) is 18.2. The number of likely N-dealkylation sites (tertiary alicyclic amines) is 1. The van der Waals surface area contributed by atoms with Crippen molar-refractivity contribution >= 4 is 27.6 Å². The summed E-state index contributed by atoms with van der Waals surface area (Å²) in [5, 5.41) is 4.13. The first-order valence-electron chi connectivity index (χ1n) is 12.3. The van der Waals surface area contributed by atoms with Crippen LogP contribution >= 0.6 is 11.6 Å². The minimum atomic E-state index is -3.99. The number of anilines is 1. The average molecular weight is 553 g/mol. The summed E-state index contributed by atoms with van der Waals surface area (Å²) in [5.74, 6) is 0.952. The Morgan fingerprint density at radius 1 is 1.03 bits per heavy atom. The third kappa shape index (κ3) is 5.67. The second-order valence-electron chi connectivity index (χ2n) is 9.53. The monoisotopic (exact) mass is 552 g/mol. The number of sulfonamides is 1. The predicted molar refractivity (Wildman–Crippen MR) is 147 cm³/mol. The normalized spacial score (nSPS) is 14.9. The maximum absolute atomic E-state index is 13.0. The Morgan fingerprint density at radius 3 is 2.39 bits per heavy atom. The van der Waals surface area contributed by atoms with Gasteiger partial charge in [0.25, 0.3) is 10.0 Å². The summed E-state index contributed by atoms with van der Waals surface area (Å²) in [7, 11) is -0.202. The molecule has 9 nitrogen and oxygen atoms in total. The highest BCUT2D eigenvalue weighted by Crippen LogP contribution is 2.38. The van der Waals surface area contributed by atoms with Gasteiger partial charge in [0.2, 0.25) is 11.8 Å². The molecule has 38 heavy (non-hydrogen) atoms. The third-order valence-electron chi connectivity index (χ3n) is 6.72. The van der Waals surface area contributed by atoms with Crippen molar-refractivity contribution in [1.82, 2.24) is 24.6 Å². The fourth-order valence-electron chi connectivity index (χ4n) is 4.54. The van der Waals surface area contributed by atoms with Crippen LogP contribution in [-0.4, -0.2) is 53.2 Å². The van der Waals surface area contributed by atoms with E-state index in [9.17, 15) is 8.42 Å². The fourth-order valence-corrected chi connectivity index (χ4v) is 5.69. The number of ether oxygens (including phenoxy) is 1. The quantitative estimate of drug-likeness (QED) is 0.334. The molecule has 4 aromatic rings. The molecular formula is C27H29ClN6O3S. The van der Waals surface area contributed by atoms with Crippen molar-refractivity contribution in [2.75, 3.05) is 24.9 Å². The summed E-state index contributed by atoms with van der Waals surface area (Å²) in [6.45, 7) is 4.09. The number of hydrogen-bond donors (Lipinski definition) is 1. The van der Waals surface area contributed by atoms with E-state index in [4.69, 9.17) is 16.3 Å². The largest absolute Gasteiger partial charge is 0.437 e. The van der Waals surface area contributed by atoms with Crippen molar-refractivity contribution < 1.29 is 13.2 Å². The summed E-state index contributed by atoms with van der Waals surface area (Å²) < 4.78 is 35.9. The minimum absolute atomic E-state index is 0.0112. The van der Waals surface area contributed by atoms with Gasteiger partial charge in [-0.3, -0.25) is 4.68 Å². The SMILES string of the molecule is Cc1ccccc1-c1nc(NS(=O)(=O)c2cnn(C)c2)nc(Oc2ccc(C3CCN(C)CC3)cc2)c1Cl. The topological polar surface area (TPSA) is 102 Å².